The molecule has 0 bridgehead atoms. The highest BCUT2D eigenvalue weighted by atomic mass is 16.4. The van der Waals surface area contributed by atoms with Crippen LogP contribution in [-0.2, 0) is 6.54 Å². The van der Waals surface area contributed by atoms with Crippen LogP contribution in [0.4, 0.5) is 0 Å². The lowest BCUT2D eigenvalue weighted by atomic mass is 9.87. The molecular weight excluding hydrogens is 360 g/mol. The first-order valence-electron chi connectivity index (χ1n) is 10.9. The fourth-order valence-electron chi connectivity index (χ4n) is 4.40. The zero-order valence-electron chi connectivity index (χ0n) is 17.8. The second-order valence-corrected chi connectivity index (χ2v) is 8.89. The van der Waals surface area contributed by atoms with E-state index in [0.29, 0.717) is 17.7 Å². The molecule has 4 rings (SSSR count). The van der Waals surface area contributed by atoms with E-state index in [2.05, 4.69) is 61.2 Å². The van der Waals surface area contributed by atoms with Crippen molar-refractivity contribution in [3.05, 3.63) is 53.9 Å². The van der Waals surface area contributed by atoms with Crippen molar-refractivity contribution in [1.29, 1.82) is 0 Å². The molecule has 0 amide bonds. The number of likely N-dealkylation sites (tertiary alicyclic amines) is 1. The SMILES string of the molecule is Cc1oc(-c2ccc3ccccc3c2)nc1CN1CCC(C(O)CC(C)C)CC1. The number of aliphatic hydroxyl groups is 1. The van der Waals surface area contributed by atoms with E-state index in [1.807, 2.05) is 6.92 Å². The van der Waals surface area contributed by atoms with Crippen LogP contribution in [0.25, 0.3) is 22.2 Å². The van der Waals surface area contributed by atoms with E-state index in [-0.39, 0.29) is 6.10 Å². The van der Waals surface area contributed by atoms with E-state index in [9.17, 15) is 5.11 Å². The highest BCUT2D eigenvalue weighted by Gasteiger charge is 2.26. The summed E-state index contributed by atoms with van der Waals surface area (Å²) in [5, 5.41) is 12.8. The molecule has 0 radical (unpaired) electrons. The number of nitrogens with zero attached hydrogens (tertiary/aromatic N) is 2. The Labute approximate surface area is 173 Å². The van der Waals surface area contributed by atoms with Crippen LogP contribution in [0.3, 0.4) is 0 Å². The third kappa shape index (κ3) is 4.71. The molecule has 1 aromatic heterocycles. The lowest BCUT2D eigenvalue weighted by Gasteiger charge is -2.34. The van der Waals surface area contributed by atoms with Crippen molar-refractivity contribution in [2.75, 3.05) is 13.1 Å². The standard InChI is InChI=1S/C25H32N2O2/c1-17(2)14-24(28)20-10-12-27(13-11-20)16-23-18(3)29-25(26-23)22-9-8-19-6-4-5-7-21(19)15-22/h4-9,15,17,20,24,28H,10-14,16H2,1-3H3. The molecule has 3 aromatic rings. The van der Waals surface area contributed by atoms with Gasteiger partial charge in [0.15, 0.2) is 0 Å². The van der Waals surface area contributed by atoms with E-state index >= 15 is 0 Å². The van der Waals surface area contributed by atoms with E-state index < -0.39 is 0 Å². The number of aromatic nitrogens is 1. The maximum atomic E-state index is 10.4. The van der Waals surface area contributed by atoms with Crippen LogP contribution in [0, 0.1) is 18.8 Å². The van der Waals surface area contributed by atoms with Gasteiger partial charge in [-0.25, -0.2) is 4.98 Å². The lowest BCUT2D eigenvalue weighted by molar-refractivity contribution is 0.0433. The second kappa shape index (κ2) is 8.68. The maximum Gasteiger partial charge on any atom is 0.226 e. The van der Waals surface area contributed by atoms with Crippen molar-refractivity contribution in [2.45, 2.75) is 52.7 Å². The van der Waals surface area contributed by atoms with Gasteiger partial charge in [-0.3, -0.25) is 4.90 Å². The van der Waals surface area contributed by atoms with Crippen molar-refractivity contribution in [1.82, 2.24) is 9.88 Å². The summed E-state index contributed by atoms with van der Waals surface area (Å²) in [7, 11) is 0. The largest absolute Gasteiger partial charge is 0.441 e. The number of hydrogen-bond acceptors (Lipinski definition) is 4. The van der Waals surface area contributed by atoms with Crippen molar-refractivity contribution < 1.29 is 9.52 Å². The minimum atomic E-state index is -0.162. The molecular formula is C25H32N2O2. The predicted molar refractivity (Wildman–Crippen MR) is 118 cm³/mol. The third-order valence-electron chi connectivity index (χ3n) is 6.15. The summed E-state index contributed by atoms with van der Waals surface area (Å²) in [6, 6.07) is 14.7. The highest BCUT2D eigenvalue weighted by Crippen LogP contribution is 2.28. The Morgan fingerprint density at radius 2 is 1.83 bits per heavy atom. The van der Waals surface area contributed by atoms with Gasteiger partial charge in [0.1, 0.15) is 5.76 Å². The first-order chi connectivity index (χ1) is 14.0. The Balaban J connectivity index is 1.41. The number of hydrogen-bond donors (Lipinski definition) is 1. The number of benzene rings is 2. The Kier molecular flexibility index (Phi) is 6.02. The molecule has 1 N–H and O–H groups in total. The van der Waals surface area contributed by atoms with Gasteiger partial charge in [-0.05, 0) is 74.0 Å². The Morgan fingerprint density at radius 1 is 1.10 bits per heavy atom. The van der Waals surface area contributed by atoms with Crippen LogP contribution >= 0.6 is 0 Å². The van der Waals surface area contributed by atoms with Crippen LogP contribution in [0.2, 0.25) is 0 Å². The molecule has 154 valence electrons. The lowest BCUT2D eigenvalue weighted by Crippen LogP contribution is -2.38. The van der Waals surface area contributed by atoms with Crippen LogP contribution in [0.15, 0.2) is 46.9 Å². The quantitative estimate of drug-likeness (QED) is 0.608. The van der Waals surface area contributed by atoms with Crippen molar-refractivity contribution in [3.8, 4) is 11.5 Å². The maximum absolute atomic E-state index is 10.4. The van der Waals surface area contributed by atoms with Gasteiger partial charge in [0, 0.05) is 12.1 Å². The Morgan fingerprint density at radius 3 is 2.55 bits per heavy atom. The summed E-state index contributed by atoms with van der Waals surface area (Å²) >= 11 is 0. The van der Waals surface area contributed by atoms with Crippen LogP contribution in [0.5, 0.6) is 0 Å². The van der Waals surface area contributed by atoms with E-state index in [1.165, 1.54) is 10.8 Å². The van der Waals surface area contributed by atoms with E-state index in [0.717, 1.165) is 55.9 Å². The number of rotatable bonds is 6. The smallest absolute Gasteiger partial charge is 0.226 e. The van der Waals surface area contributed by atoms with Gasteiger partial charge in [0.25, 0.3) is 0 Å². The van der Waals surface area contributed by atoms with Crippen molar-refractivity contribution in [2.24, 2.45) is 11.8 Å². The van der Waals surface area contributed by atoms with Crippen molar-refractivity contribution >= 4 is 10.8 Å². The molecule has 1 unspecified atom stereocenters. The first-order valence-corrected chi connectivity index (χ1v) is 10.9. The fourth-order valence-corrected chi connectivity index (χ4v) is 4.40. The van der Waals surface area contributed by atoms with Gasteiger partial charge in [0.2, 0.25) is 5.89 Å². The zero-order chi connectivity index (χ0) is 20.4. The minimum absolute atomic E-state index is 0.162. The predicted octanol–water partition coefficient (Wildman–Crippen LogP) is 5.42. The van der Waals surface area contributed by atoms with Gasteiger partial charge in [-0.15, -0.1) is 0 Å². The first kappa shape index (κ1) is 20.1. The molecule has 2 heterocycles. The van der Waals surface area contributed by atoms with E-state index in [1.54, 1.807) is 0 Å². The summed E-state index contributed by atoms with van der Waals surface area (Å²) in [5.74, 6) is 2.58. The monoisotopic (exact) mass is 392 g/mol. The van der Waals surface area contributed by atoms with Crippen molar-refractivity contribution in [3.63, 3.8) is 0 Å². The summed E-state index contributed by atoms with van der Waals surface area (Å²) < 4.78 is 6.02. The molecule has 1 fully saturated rings. The molecule has 0 spiro atoms. The minimum Gasteiger partial charge on any atom is -0.441 e. The molecule has 1 aliphatic rings. The van der Waals surface area contributed by atoms with Gasteiger partial charge < -0.3 is 9.52 Å². The average Bonchev–Trinajstić information content (AvgIpc) is 3.08. The molecule has 1 aliphatic heterocycles. The summed E-state index contributed by atoms with van der Waals surface area (Å²) in [6.07, 6.45) is 2.86. The third-order valence-corrected chi connectivity index (χ3v) is 6.15. The van der Waals surface area contributed by atoms with Crippen LogP contribution in [0.1, 0.15) is 44.6 Å². The number of aryl methyl sites for hydroxylation is 1. The van der Waals surface area contributed by atoms with Gasteiger partial charge in [-0.2, -0.15) is 0 Å². The number of oxazole rings is 1. The molecule has 0 aliphatic carbocycles. The van der Waals surface area contributed by atoms with Gasteiger partial charge in [-0.1, -0.05) is 44.2 Å². The molecule has 2 aromatic carbocycles. The Bertz CT molecular complexity index is 954. The fraction of sp³-hybridized carbons (Fsp3) is 0.480. The van der Waals surface area contributed by atoms with E-state index in [4.69, 9.17) is 9.40 Å². The molecule has 0 saturated carbocycles. The molecule has 29 heavy (non-hydrogen) atoms. The zero-order valence-corrected chi connectivity index (χ0v) is 17.8. The van der Waals surface area contributed by atoms with Crippen LogP contribution in [-0.4, -0.2) is 34.2 Å². The summed E-state index contributed by atoms with van der Waals surface area (Å²) in [6.45, 7) is 9.20. The van der Waals surface area contributed by atoms with Gasteiger partial charge in [0.05, 0.1) is 11.8 Å². The normalized spacial score (nSPS) is 17.3. The average molecular weight is 393 g/mol. The molecule has 4 nitrogen and oxygen atoms in total. The number of piperidine rings is 1. The van der Waals surface area contributed by atoms with Gasteiger partial charge >= 0.3 is 0 Å². The van der Waals surface area contributed by atoms with Crippen LogP contribution < -0.4 is 0 Å². The molecule has 1 atom stereocenters. The summed E-state index contributed by atoms with van der Waals surface area (Å²) in [4.78, 5) is 7.25. The number of aliphatic hydroxyl groups excluding tert-OH is 1. The number of fused-ring (bicyclic) bond motifs is 1. The second-order valence-electron chi connectivity index (χ2n) is 8.89. The summed E-state index contributed by atoms with van der Waals surface area (Å²) in [5.41, 5.74) is 2.04. The molecule has 1 saturated heterocycles. The highest BCUT2D eigenvalue weighted by molar-refractivity contribution is 5.86. The topological polar surface area (TPSA) is 49.5 Å². The Hall–Kier alpha value is -2.17. The molecule has 4 heteroatoms.